The number of halogens is 1. The van der Waals surface area contributed by atoms with Gasteiger partial charge in [-0.25, -0.2) is 4.98 Å². The SMILES string of the molecule is O=[N+]([O-])c1cc(Br)ccc1CNCCc1nccs1. The third-order valence-corrected chi connectivity index (χ3v) is 3.89. The second-order valence-electron chi connectivity index (χ2n) is 3.88. The topological polar surface area (TPSA) is 68.1 Å². The summed E-state index contributed by atoms with van der Waals surface area (Å²) >= 11 is 4.85. The van der Waals surface area contributed by atoms with Gasteiger partial charge >= 0.3 is 0 Å². The number of rotatable bonds is 6. The second-order valence-corrected chi connectivity index (χ2v) is 5.78. The van der Waals surface area contributed by atoms with Crippen molar-refractivity contribution in [2.45, 2.75) is 13.0 Å². The number of hydrogen-bond donors (Lipinski definition) is 1. The molecule has 0 aliphatic carbocycles. The van der Waals surface area contributed by atoms with E-state index >= 15 is 0 Å². The molecule has 1 aromatic carbocycles. The van der Waals surface area contributed by atoms with E-state index in [0.717, 1.165) is 18.0 Å². The Bertz CT molecular complexity index is 560. The van der Waals surface area contributed by atoms with Crippen LogP contribution in [-0.2, 0) is 13.0 Å². The molecule has 1 heterocycles. The van der Waals surface area contributed by atoms with Crippen LogP contribution in [0.5, 0.6) is 0 Å². The summed E-state index contributed by atoms with van der Waals surface area (Å²) in [6, 6.07) is 5.10. The van der Waals surface area contributed by atoms with Crippen LogP contribution in [0.4, 0.5) is 5.69 Å². The fraction of sp³-hybridized carbons (Fsp3) is 0.250. The molecule has 0 fully saturated rings. The van der Waals surface area contributed by atoms with E-state index in [1.807, 2.05) is 11.4 Å². The quantitative estimate of drug-likeness (QED) is 0.497. The predicted molar refractivity (Wildman–Crippen MR) is 78.3 cm³/mol. The van der Waals surface area contributed by atoms with Gasteiger partial charge < -0.3 is 5.32 Å². The van der Waals surface area contributed by atoms with Crippen LogP contribution in [0, 0.1) is 10.1 Å². The van der Waals surface area contributed by atoms with Gasteiger partial charge in [0.25, 0.3) is 5.69 Å². The minimum absolute atomic E-state index is 0.135. The third kappa shape index (κ3) is 4.09. The highest BCUT2D eigenvalue weighted by molar-refractivity contribution is 9.10. The number of thiazole rings is 1. The number of aromatic nitrogens is 1. The van der Waals surface area contributed by atoms with Gasteiger partial charge in [0.15, 0.2) is 0 Å². The smallest absolute Gasteiger partial charge is 0.275 e. The van der Waals surface area contributed by atoms with E-state index in [1.54, 1.807) is 23.6 Å². The Labute approximate surface area is 123 Å². The first kappa shape index (κ1) is 14.1. The maximum Gasteiger partial charge on any atom is 0.275 e. The summed E-state index contributed by atoms with van der Waals surface area (Å²) in [7, 11) is 0. The average Bonchev–Trinajstić information content (AvgIpc) is 2.89. The van der Waals surface area contributed by atoms with Crippen LogP contribution >= 0.6 is 27.3 Å². The molecule has 19 heavy (non-hydrogen) atoms. The lowest BCUT2D eigenvalue weighted by Crippen LogP contribution is -2.17. The lowest BCUT2D eigenvalue weighted by Gasteiger charge is -2.05. The molecule has 0 bridgehead atoms. The number of nitro groups is 1. The van der Waals surface area contributed by atoms with Crippen LogP contribution in [0.15, 0.2) is 34.2 Å². The van der Waals surface area contributed by atoms with E-state index in [-0.39, 0.29) is 10.6 Å². The lowest BCUT2D eigenvalue weighted by atomic mass is 10.2. The van der Waals surface area contributed by atoms with Crippen molar-refractivity contribution in [3.8, 4) is 0 Å². The Kier molecular flexibility index (Phi) is 5.00. The van der Waals surface area contributed by atoms with Gasteiger partial charge in [0.2, 0.25) is 0 Å². The Balaban J connectivity index is 1.90. The van der Waals surface area contributed by atoms with E-state index in [1.165, 1.54) is 6.07 Å². The van der Waals surface area contributed by atoms with Crippen LogP contribution in [0.1, 0.15) is 10.6 Å². The first-order valence-electron chi connectivity index (χ1n) is 5.68. The summed E-state index contributed by atoms with van der Waals surface area (Å²) in [5.41, 5.74) is 0.823. The monoisotopic (exact) mass is 341 g/mol. The standard InChI is InChI=1S/C12H12BrN3O2S/c13-10-2-1-9(11(7-10)16(17)18)8-14-4-3-12-15-5-6-19-12/h1-2,5-7,14H,3-4,8H2. The van der Waals surface area contributed by atoms with Gasteiger partial charge in [-0.3, -0.25) is 10.1 Å². The fourth-order valence-corrected chi connectivity index (χ4v) is 2.62. The number of nitrogens with one attached hydrogen (secondary N) is 1. The molecule has 0 aliphatic rings. The van der Waals surface area contributed by atoms with Crippen LogP contribution in [0.2, 0.25) is 0 Å². The van der Waals surface area contributed by atoms with Crippen molar-refractivity contribution < 1.29 is 4.92 Å². The molecule has 0 aliphatic heterocycles. The minimum Gasteiger partial charge on any atom is -0.312 e. The van der Waals surface area contributed by atoms with Crippen LogP contribution in [-0.4, -0.2) is 16.5 Å². The number of benzene rings is 1. The third-order valence-electron chi connectivity index (χ3n) is 2.56. The minimum atomic E-state index is -0.359. The van der Waals surface area contributed by atoms with Gasteiger partial charge in [0.1, 0.15) is 0 Å². The van der Waals surface area contributed by atoms with Gasteiger partial charge in [0.05, 0.1) is 9.93 Å². The predicted octanol–water partition coefficient (Wildman–Crippen LogP) is 3.15. The molecule has 0 saturated heterocycles. The molecule has 7 heteroatoms. The Morgan fingerprint density at radius 2 is 2.32 bits per heavy atom. The Hall–Kier alpha value is -1.31. The lowest BCUT2D eigenvalue weighted by molar-refractivity contribution is -0.385. The molecule has 1 N–H and O–H groups in total. The molecule has 0 saturated carbocycles. The van der Waals surface area contributed by atoms with Crippen LogP contribution < -0.4 is 5.32 Å². The average molecular weight is 342 g/mol. The maximum atomic E-state index is 10.9. The van der Waals surface area contributed by atoms with Crippen molar-refractivity contribution in [1.29, 1.82) is 0 Å². The molecule has 0 radical (unpaired) electrons. The van der Waals surface area contributed by atoms with Crippen molar-refractivity contribution in [3.63, 3.8) is 0 Å². The molecule has 1 aromatic heterocycles. The molecule has 5 nitrogen and oxygen atoms in total. The summed E-state index contributed by atoms with van der Waals surface area (Å²) < 4.78 is 0.714. The second kappa shape index (κ2) is 6.74. The summed E-state index contributed by atoms with van der Waals surface area (Å²) in [5.74, 6) is 0. The van der Waals surface area contributed by atoms with Crippen molar-refractivity contribution in [2.24, 2.45) is 0 Å². The summed E-state index contributed by atoms with van der Waals surface area (Å²) in [6.45, 7) is 1.23. The van der Waals surface area contributed by atoms with Gasteiger partial charge in [-0.15, -0.1) is 11.3 Å². The Morgan fingerprint density at radius 1 is 1.47 bits per heavy atom. The van der Waals surface area contributed by atoms with Crippen molar-refractivity contribution >= 4 is 33.0 Å². The van der Waals surface area contributed by atoms with Gasteiger partial charge in [-0.05, 0) is 12.1 Å². The molecule has 0 unspecified atom stereocenters. The molecule has 0 amide bonds. The van der Waals surface area contributed by atoms with E-state index in [0.29, 0.717) is 16.6 Å². The molecule has 2 rings (SSSR count). The molecule has 0 atom stereocenters. The number of hydrogen-bond acceptors (Lipinski definition) is 5. The molecule has 0 spiro atoms. The number of nitro benzene ring substituents is 1. The van der Waals surface area contributed by atoms with Crippen LogP contribution in [0.3, 0.4) is 0 Å². The first-order valence-corrected chi connectivity index (χ1v) is 7.36. The molecular formula is C12H12BrN3O2S. The van der Waals surface area contributed by atoms with E-state index in [2.05, 4.69) is 26.2 Å². The Morgan fingerprint density at radius 3 is 3.00 bits per heavy atom. The summed E-state index contributed by atoms with van der Waals surface area (Å²) in [4.78, 5) is 14.8. The van der Waals surface area contributed by atoms with Gasteiger partial charge in [-0.2, -0.15) is 0 Å². The molecule has 2 aromatic rings. The van der Waals surface area contributed by atoms with Crippen molar-refractivity contribution in [2.75, 3.05) is 6.54 Å². The highest BCUT2D eigenvalue weighted by atomic mass is 79.9. The zero-order valence-electron chi connectivity index (χ0n) is 10.0. The largest absolute Gasteiger partial charge is 0.312 e. The highest BCUT2D eigenvalue weighted by Crippen LogP contribution is 2.23. The van der Waals surface area contributed by atoms with E-state index in [4.69, 9.17) is 0 Å². The normalized spacial score (nSPS) is 10.6. The van der Waals surface area contributed by atoms with Crippen molar-refractivity contribution in [3.05, 3.63) is 54.9 Å². The van der Waals surface area contributed by atoms with Crippen LogP contribution in [0.25, 0.3) is 0 Å². The van der Waals surface area contributed by atoms with Gasteiger partial charge in [0, 0.05) is 47.2 Å². The molecule has 100 valence electrons. The number of nitrogens with zero attached hydrogens (tertiary/aromatic N) is 2. The van der Waals surface area contributed by atoms with Crippen molar-refractivity contribution in [1.82, 2.24) is 10.3 Å². The maximum absolute atomic E-state index is 10.9. The van der Waals surface area contributed by atoms with Gasteiger partial charge in [-0.1, -0.05) is 15.9 Å². The summed E-state index contributed by atoms with van der Waals surface area (Å²) in [6.07, 6.45) is 2.61. The van der Waals surface area contributed by atoms with E-state index < -0.39 is 0 Å². The highest BCUT2D eigenvalue weighted by Gasteiger charge is 2.13. The fourth-order valence-electron chi connectivity index (χ4n) is 1.65. The molecular weight excluding hydrogens is 330 g/mol. The van der Waals surface area contributed by atoms with E-state index in [9.17, 15) is 10.1 Å². The zero-order valence-corrected chi connectivity index (χ0v) is 12.4. The first-order chi connectivity index (χ1) is 9.16. The summed E-state index contributed by atoms with van der Waals surface area (Å²) in [5, 5.41) is 17.2. The zero-order chi connectivity index (χ0) is 13.7.